The number of ether oxygens (including phenoxy) is 1. The minimum atomic E-state index is -0.726. The van der Waals surface area contributed by atoms with Gasteiger partial charge < -0.3 is 19.9 Å². The summed E-state index contributed by atoms with van der Waals surface area (Å²) >= 11 is 1.58. The van der Waals surface area contributed by atoms with E-state index in [2.05, 4.69) is 58.7 Å². The molecule has 1 amide bonds. The van der Waals surface area contributed by atoms with Gasteiger partial charge in [0.2, 0.25) is 5.06 Å². The molecule has 0 aromatic rings. The van der Waals surface area contributed by atoms with Crippen LogP contribution in [0.2, 0.25) is 0 Å². The SMILES string of the molecule is CC1CN(C(=O)OC2(C(C)(C)C)SC=CN2C(C)(C)C)CCN1. The highest BCUT2D eigenvalue weighted by Gasteiger charge is 2.55. The van der Waals surface area contributed by atoms with Crippen molar-refractivity contribution < 1.29 is 9.53 Å². The van der Waals surface area contributed by atoms with Gasteiger partial charge in [-0.25, -0.2) is 4.79 Å². The Hall–Kier alpha value is -0.880. The van der Waals surface area contributed by atoms with E-state index in [0.717, 1.165) is 6.54 Å². The number of nitrogens with one attached hydrogen (secondary N) is 1. The van der Waals surface area contributed by atoms with Crippen molar-refractivity contribution in [3.05, 3.63) is 11.6 Å². The first-order valence-corrected chi connectivity index (χ1v) is 9.20. The molecule has 132 valence electrons. The lowest BCUT2D eigenvalue weighted by Gasteiger charge is -2.52. The van der Waals surface area contributed by atoms with Crippen LogP contribution in [-0.4, -0.2) is 52.2 Å². The second-order valence-electron chi connectivity index (χ2n) is 8.44. The zero-order valence-corrected chi connectivity index (χ0v) is 16.3. The van der Waals surface area contributed by atoms with Crippen LogP contribution in [-0.2, 0) is 4.74 Å². The van der Waals surface area contributed by atoms with Crippen LogP contribution in [0.1, 0.15) is 48.5 Å². The number of hydrogen-bond acceptors (Lipinski definition) is 5. The van der Waals surface area contributed by atoms with Gasteiger partial charge in [-0.15, -0.1) is 0 Å². The highest BCUT2D eigenvalue weighted by Crippen LogP contribution is 2.52. The number of amides is 1. The van der Waals surface area contributed by atoms with Crippen molar-refractivity contribution >= 4 is 17.9 Å². The molecule has 2 aliphatic heterocycles. The fourth-order valence-corrected chi connectivity index (χ4v) is 4.34. The molecule has 2 rings (SSSR count). The molecule has 0 spiro atoms. The summed E-state index contributed by atoms with van der Waals surface area (Å²) in [6.07, 6.45) is 1.82. The Bertz CT molecular complexity index is 481. The quantitative estimate of drug-likeness (QED) is 0.791. The van der Waals surface area contributed by atoms with Crippen LogP contribution >= 0.6 is 11.8 Å². The topological polar surface area (TPSA) is 44.8 Å². The fraction of sp³-hybridized carbons (Fsp3) is 0.824. The fourth-order valence-electron chi connectivity index (χ4n) is 3.05. The largest absolute Gasteiger partial charge is 0.412 e. The molecule has 2 aliphatic rings. The van der Waals surface area contributed by atoms with Crippen molar-refractivity contribution in [2.24, 2.45) is 5.41 Å². The molecule has 0 aromatic carbocycles. The van der Waals surface area contributed by atoms with E-state index in [1.54, 1.807) is 11.8 Å². The van der Waals surface area contributed by atoms with E-state index in [-0.39, 0.29) is 17.0 Å². The van der Waals surface area contributed by atoms with Gasteiger partial charge >= 0.3 is 6.09 Å². The van der Waals surface area contributed by atoms with E-state index in [1.807, 2.05) is 16.5 Å². The molecule has 1 N–H and O–H groups in total. The lowest BCUT2D eigenvalue weighted by molar-refractivity contribution is -0.122. The second-order valence-corrected chi connectivity index (χ2v) is 9.51. The Kier molecular flexibility index (Phi) is 4.98. The summed E-state index contributed by atoms with van der Waals surface area (Å²) in [6.45, 7) is 17.1. The lowest BCUT2D eigenvalue weighted by atomic mass is 9.90. The molecule has 2 heterocycles. The molecule has 0 saturated carbocycles. The Morgan fingerprint density at radius 3 is 2.48 bits per heavy atom. The third-order valence-electron chi connectivity index (χ3n) is 4.28. The van der Waals surface area contributed by atoms with Crippen molar-refractivity contribution in [3.8, 4) is 0 Å². The van der Waals surface area contributed by atoms with Crippen LogP contribution in [0.3, 0.4) is 0 Å². The molecular formula is C17H31N3O2S. The number of rotatable bonds is 1. The molecule has 0 bridgehead atoms. The summed E-state index contributed by atoms with van der Waals surface area (Å²) in [5.41, 5.74) is -0.367. The van der Waals surface area contributed by atoms with E-state index in [0.29, 0.717) is 19.1 Å². The van der Waals surface area contributed by atoms with E-state index in [9.17, 15) is 4.79 Å². The minimum Gasteiger partial charge on any atom is -0.412 e. The summed E-state index contributed by atoms with van der Waals surface area (Å²) in [4.78, 5) is 16.8. The third kappa shape index (κ3) is 3.63. The van der Waals surface area contributed by atoms with Gasteiger partial charge in [-0.1, -0.05) is 32.5 Å². The Labute approximate surface area is 144 Å². The van der Waals surface area contributed by atoms with Gasteiger partial charge in [0.05, 0.1) is 0 Å². The van der Waals surface area contributed by atoms with Gasteiger partial charge in [-0.05, 0) is 33.1 Å². The van der Waals surface area contributed by atoms with Crippen LogP contribution in [0.25, 0.3) is 0 Å². The molecule has 6 heteroatoms. The maximum Gasteiger partial charge on any atom is 0.412 e. The average molecular weight is 342 g/mol. The van der Waals surface area contributed by atoms with Gasteiger partial charge in [-0.2, -0.15) is 0 Å². The smallest absolute Gasteiger partial charge is 0.412 e. The predicted molar refractivity (Wildman–Crippen MR) is 96.0 cm³/mol. The normalized spacial score (nSPS) is 29.1. The van der Waals surface area contributed by atoms with Crippen LogP contribution in [0.5, 0.6) is 0 Å². The molecule has 0 aromatic heterocycles. The molecular weight excluding hydrogens is 310 g/mol. The molecule has 0 radical (unpaired) electrons. The maximum atomic E-state index is 12.8. The van der Waals surface area contributed by atoms with Crippen LogP contribution in [0.15, 0.2) is 11.6 Å². The van der Waals surface area contributed by atoms with Crippen molar-refractivity contribution in [3.63, 3.8) is 0 Å². The molecule has 2 unspecified atom stereocenters. The zero-order chi connectivity index (χ0) is 17.5. The molecule has 23 heavy (non-hydrogen) atoms. The number of hydrogen-bond donors (Lipinski definition) is 1. The molecule has 1 fully saturated rings. The maximum absolute atomic E-state index is 12.8. The Morgan fingerprint density at radius 1 is 1.30 bits per heavy atom. The van der Waals surface area contributed by atoms with Crippen molar-refractivity contribution in [2.45, 2.75) is 65.1 Å². The first-order chi connectivity index (χ1) is 10.5. The summed E-state index contributed by atoms with van der Waals surface area (Å²) in [7, 11) is 0. The number of piperazine rings is 1. The lowest BCUT2D eigenvalue weighted by Crippen LogP contribution is -2.61. The Balaban J connectivity index is 2.25. The standard InChI is InChI=1S/C17H31N3O2S/c1-13-12-19(9-8-18-13)14(21)22-17(15(2,3)4)20(10-11-23-17)16(5,6)7/h10-11,13,18H,8-9,12H2,1-7H3. The van der Waals surface area contributed by atoms with Gasteiger partial charge in [-0.3, -0.25) is 0 Å². The minimum absolute atomic E-state index is 0.135. The number of thioether (sulfide) groups is 1. The molecule has 2 atom stereocenters. The third-order valence-corrected chi connectivity index (χ3v) is 5.75. The van der Waals surface area contributed by atoms with E-state index in [1.165, 1.54) is 0 Å². The van der Waals surface area contributed by atoms with Crippen molar-refractivity contribution in [1.29, 1.82) is 0 Å². The summed E-state index contributed by atoms with van der Waals surface area (Å²) in [5, 5.41) is 4.66. The molecule has 1 saturated heterocycles. The highest BCUT2D eigenvalue weighted by atomic mass is 32.2. The van der Waals surface area contributed by atoms with Crippen molar-refractivity contribution in [1.82, 2.24) is 15.1 Å². The van der Waals surface area contributed by atoms with E-state index in [4.69, 9.17) is 4.74 Å². The van der Waals surface area contributed by atoms with Crippen LogP contribution in [0, 0.1) is 5.41 Å². The first kappa shape index (κ1) is 18.5. The van der Waals surface area contributed by atoms with Crippen LogP contribution < -0.4 is 5.32 Å². The Morgan fingerprint density at radius 2 is 1.96 bits per heavy atom. The monoisotopic (exact) mass is 341 g/mol. The van der Waals surface area contributed by atoms with Crippen molar-refractivity contribution in [2.75, 3.05) is 19.6 Å². The summed E-state index contributed by atoms with van der Waals surface area (Å²) in [5.74, 6) is 0. The number of carbonyl (C=O) groups is 1. The van der Waals surface area contributed by atoms with Crippen LogP contribution in [0.4, 0.5) is 4.79 Å². The second kappa shape index (κ2) is 6.20. The number of nitrogens with zero attached hydrogens (tertiary/aromatic N) is 2. The van der Waals surface area contributed by atoms with Gasteiger partial charge in [0.25, 0.3) is 0 Å². The molecule has 0 aliphatic carbocycles. The van der Waals surface area contributed by atoms with Gasteiger partial charge in [0.1, 0.15) is 0 Å². The zero-order valence-electron chi connectivity index (χ0n) is 15.5. The average Bonchev–Trinajstić information content (AvgIpc) is 2.83. The van der Waals surface area contributed by atoms with Gasteiger partial charge in [0, 0.05) is 42.8 Å². The van der Waals surface area contributed by atoms with E-state index >= 15 is 0 Å². The summed E-state index contributed by atoms with van der Waals surface area (Å²) in [6, 6.07) is 0.301. The van der Waals surface area contributed by atoms with E-state index < -0.39 is 5.06 Å². The molecule has 5 nitrogen and oxygen atoms in total. The first-order valence-electron chi connectivity index (χ1n) is 8.32. The van der Waals surface area contributed by atoms with Gasteiger partial charge in [0.15, 0.2) is 0 Å². The summed E-state index contributed by atoms with van der Waals surface area (Å²) < 4.78 is 6.18. The highest BCUT2D eigenvalue weighted by molar-refractivity contribution is 8.03. The predicted octanol–water partition coefficient (Wildman–Crippen LogP) is 3.44. The number of carbonyl (C=O) groups excluding carboxylic acids is 1.